The largest absolute Gasteiger partial charge is 0.445 e. The zero-order valence-electron chi connectivity index (χ0n) is 17.0. The molecule has 0 aliphatic rings. The maximum absolute atomic E-state index is 12.9. The Morgan fingerprint density at radius 1 is 1.07 bits per heavy atom. The van der Waals surface area contributed by atoms with E-state index in [2.05, 4.69) is 15.6 Å². The average Bonchev–Trinajstić information content (AvgIpc) is 3.25. The second kappa shape index (κ2) is 10.5. The monoisotopic (exact) mass is 423 g/mol. The van der Waals surface area contributed by atoms with Gasteiger partial charge >= 0.3 is 6.09 Å². The minimum Gasteiger partial charge on any atom is -0.445 e. The van der Waals surface area contributed by atoms with E-state index < -0.39 is 12.1 Å². The van der Waals surface area contributed by atoms with Gasteiger partial charge in [0.25, 0.3) is 0 Å². The van der Waals surface area contributed by atoms with E-state index in [4.69, 9.17) is 4.74 Å². The summed E-state index contributed by atoms with van der Waals surface area (Å²) >= 11 is 1.35. The molecule has 3 aromatic rings. The molecule has 2 aromatic carbocycles. The molecule has 0 bridgehead atoms. The van der Waals surface area contributed by atoms with Gasteiger partial charge in [0.15, 0.2) is 5.13 Å². The first kappa shape index (κ1) is 21.5. The summed E-state index contributed by atoms with van der Waals surface area (Å²) in [5.74, 6) is -0.377. The topological polar surface area (TPSA) is 80.3 Å². The second-order valence-corrected chi connectivity index (χ2v) is 7.82. The first-order chi connectivity index (χ1) is 14.6. The summed E-state index contributed by atoms with van der Waals surface area (Å²) in [6, 6.07) is 18.4. The van der Waals surface area contributed by atoms with E-state index in [1.807, 2.05) is 79.9 Å². The number of anilines is 1. The maximum Gasteiger partial charge on any atom is 0.408 e. The van der Waals surface area contributed by atoms with Crippen LogP contribution < -0.4 is 10.6 Å². The predicted octanol–water partition coefficient (Wildman–Crippen LogP) is 5.09. The van der Waals surface area contributed by atoms with Crippen LogP contribution in [0.5, 0.6) is 0 Å². The summed E-state index contributed by atoms with van der Waals surface area (Å²) in [6.45, 7) is 4.03. The van der Waals surface area contributed by atoms with Crippen LogP contribution in [0.1, 0.15) is 25.8 Å². The van der Waals surface area contributed by atoms with Crippen LogP contribution >= 0.6 is 11.3 Å². The number of carbonyl (C=O) groups excluding carboxylic acids is 2. The third-order valence-electron chi connectivity index (χ3n) is 4.79. The highest BCUT2D eigenvalue weighted by atomic mass is 32.1. The van der Waals surface area contributed by atoms with Crippen molar-refractivity contribution in [1.29, 1.82) is 0 Å². The molecule has 0 aliphatic heterocycles. The normalized spacial score (nSPS) is 12.6. The molecule has 6 nitrogen and oxygen atoms in total. The van der Waals surface area contributed by atoms with Crippen molar-refractivity contribution in [3.8, 4) is 11.3 Å². The standard InChI is InChI=1S/C23H25N3O3S/c1-3-16(2)20(25-23(28)29-14-17-10-6-4-7-11-17)21(27)26-22-24-19(15-30-22)18-12-8-5-9-13-18/h4-13,15-16,20H,3,14H2,1-2H3,(H,25,28)(H,24,26,27)/t16-,20+/m1/s1. The molecule has 0 saturated carbocycles. The lowest BCUT2D eigenvalue weighted by Gasteiger charge is -2.22. The minimum atomic E-state index is -0.720. The highest BCUT2D eigenvalue weighted by Gasteiger charge is 2.27. The van der Waals surface area contributed by atoms with Crippen LogP contribution in [0.4, 0.5) is 9.93 Å². The molecule has 2 atom stereocenters. The van der Waals surface area contributed by atoms with Gasteiger partial charge in [0.1, 0.15) is 12.6 Å². The third-order valence-corrected chi connectivity index (χ3v) is 5.54. The van der Waals surface area contributed by atoms with Gasteiger partial charge in [0.05, 0.1) is 5.69 Å². The smallest absolute Gasteiger partial charge is 0.408 e. The van der Waals surface area contributed by atoms with Gasteiger partial charge in [-0.15, -0.1) is 11.3 Å². The number of hydrogen-bond acceptors (Lipinski definition) is 5. The van der Waals surface area contributed by atoms with E-state index in [1.54, 1.807) is 0 Å². The van der Waals surface area contributed by atoms with Gasteiger partial charge in [0, 0.05) is 10.9 Å². The fourth-order valence-corrected chi connectivity index (χ4v) is 3.57. The van der Waals surface area contributed by atoms with Gasteiger partial charge in [-0.1, -0.05) is 80.9 Å². The molecule has 2 N–H and O–H groups in total. The van der Waals surface area contributed by atoms with E-state index in [0.29, 0.717) is 5.13 Å². The van der Waals surface area contributed by atoms with Crippen LogP contribution in [0.3, 0.4) is 0 Å². The molecule has 0 unspecified atom stereocenters. The predicted molar refractivity (Wildman–Crippen MR) is 119 cm³/mol. The fourth-order valence-electron chi connectivity index (χ4n) is 2.85. The summed E-state index contributed by atoms with van der Waals surface area (Å²) < 4.78 is 5.27. The Kier molecular flexibility index (Phi) is 7.57. The summed E-state index contributed by atoms with van der Waals surface area (Å²) in [5.41, 5.74) is 2.66. The molecule has 2 amide bonds. The number of amides is 2. The summed E-state index contributed by atoms with van der Waals surface area (Å²) in [7, 11) is 0. The van der Waals surface area contributed by atoms with Crippen molar-refractivity contribution >= 4 is 28.5 Å². The Morgan fingerprint density at radius 2 is 1.73 bits per heavy atom. The molecular formula is C23H25N3O3S. The van der Waals surface area contributed by atoms with Crippen LogP contribution in [-0.4, -0.2) is 23.0 Å². The zero-order chi connectivity index (χ0) is 21.3. The zero-order valence-corrected chi connectivity index (χ0v) is 17.8. The summed E-state index contributed by atoms with van der Waals surface area (Å²) in [4.78, 5) is 29.6. The van der Waals surface area contributed by atoms with Crippen molar-refractivity contribution in [3.63, 3.8) is 0 Å². The Labute approximate surface area is 180 Å². The number of ether oxygens (including phenoxy) is 1. The molecule has 1 heterocycles. The first-order valence-corrected chi connectivity index (χ1v) is 10.7. The van der Waals surface area contributed by atoms with Gasteiger partial charge in [0.2, 0.25) is 5.91 Å². The van der Waals surface area contributed by atoms with Gasteiger partial charge in [-0.05, 0) is 11.5 Å². The Balaban J connectivity index is 1.61. The number of hydrogen-bond donors (Lipinski definition) is 2. The summed E-state index contributed by atoms with van der Waals surface area (Å²) in [6.07, 6.45) is 0.105. The van der Waals surface area contributed by atoms with E-state index in [1.165, 1.54) is 11.3 Å². The number of nitrogens with one attached hydrogen (secondary N) is 2. The van der Waals surface area contributed by atoms with Crippen molar-refractivity contribution in [2.24, 2.45) is 5.92 Å². The number of benzene rings is 2. The maximum atomic E-state index is 12.9. The number of rotatable bonds is 8. The SMILES string of the molecule is CC[C@@H](C)[C@H](NC(=O)OCc1ccccc1)C(=O)Nc1nc(-c2ccccc2)cs1. The number of alkyl carbamates (subject to hydrolysis) is 1. The molecule has 0 fully saturated rings. The number of thiazole rings is 1. The van der Waals surface area contributed by atoms with Gasteiger partial charge in [-0.3, -0.25) is 4.79 Å². The van der Waals surface area contributed by atoms with Gasteiger partial charge in [-0.25, -0.2) is 9.78 Å². The van der Waals surface area contributed by atoms with Crippen molar-refractivity contribution in [3.05, 3.63) is 71.6 Å². The van der Waals surface area contributed by atoms with Crippen LogP contribution in [0, 0.1) is 5.92 Å². The van der Waals surface area contributed by atoms with Crippen molar-refractivity contribution in [2.45, 2.75) is 32.9 Å². The Morgan fingerprint density at radius 3 is 2.40 bits per heavy atom. The molecule has 0 aliphatic carbocycles. The van der Waals surface area contributed by atoms with E-state index in [-0.39, 0.29) is 18.4 Å². The number of aromatic nitrogens is 1. The first-order valence-electron chi connectivity index (χ1n) is 9.86. The van der Waals surface area contributed by atoms with Crippen LogP contribution in [0.25, 0.3) is 11.3 Å². The van der Waals surface area contributed by atoms with Crippen molar-refractivity contribution in [1.82, 2.24) is 10.3 Å². The molecule has 0 saturated heterocycles. The minimum absolute atomic E-state index is 0.0668. The van der Waals surface area contributed by atoms with Crippen molar-refractivity contribution in [2.75, 3.05) is 5.32 Å². The molecule has 3 rings (SSSR count). The van der Waals surface area contributed by atoms with Crippen LogP contribution in [0.2, 0.25) is 0 Å². The Hall–Kier alpha value is -3.19. The Bertz CT molecular complexity index is 960. The van der Waals surface area contributed by atoms with E-state index >= 15 is 0 Å². The lowest BCUT2D eigenvalue weighted by atomic mass is 9.98. The number of nitrogens with zero attached hydrogens (tertiary/aromatic N) is 1. The van der Waals surface area contributed by atoms with Gasteiger partial charge < -0.3 is 15.4 Å². The third kappa shape index (κ3) is 5.90. The quantitative estimate of drug-likeness (QED) is 0.529. The molecule has 7 heteroatoms. The lowest BCUT2D eigenvalue weighted by Crippen LogP contribution is -2.47. The molecule has 0 radical (unpaired) electrons. The lowest BCUT2D eigenvalue weighted by molar-refractivity contribution is -0.119. The van der Waals surface area contributed by atoms with Crippen molar-refractivity contribution < 1.29 is 14.3 Å². The van der Waals surface area contributed by atoms with E-state index in [0.717, 1.165) is 23.2 Å². The van der Waals surface area contributed by atoms with Crippen LogP contribution in [-0.2, 0) is 16.1 Å². The second-order valence-electron chi connectivity index (χ2n) is 6.96. The fraction of sp³-hybridized carbons (Fsp3) is 0.261. The van der Waals surface area contributed by atoms with E-state index in [9.17, 15) is 9.59 Å². The van der Waals surface area contributed by atoms with Gasteiger partial charge in [-0.2, -0.15) is 0 Å². The van der Waals surface area contributed by atoms with Crippen LogP contribution in [0.15, 0.2) is 66.0 Å². The molecule has 156 valence electrons. The number of carbonyl (C=O) groups is 2. The molecule has 0 spiro atoms. The highest BCUT2D eigenvalue weighted by molar-refractivity contribution is 7.14. The average molecular weight is 424 g/mol. The molecular weight excluding hydrogens is 398 g/mol. The molecule has 1 aromatic heterocycles. The summed E-state index contributed by atoms with van der Waals surface area (Å²) in [5, 5.41) is 7.91. The molecule has 30 heavy (non-hydrogen) atoms. The highest BCUT2D eigenvalue weighted by Crippen LogP contribution is 2.25.